The standard InChI is InChI=1S/C8H16N2O2/c1-8(6-11)4-3-5-10(8)7(12)9-2/h11H,3-6H2,1-2H3,(H,9,12). The summed E-state index contributed by atoms with van der Waals surface area (Å²) in [5, 5.41) is 11.7. The zero-order valence-electron chi connectivity index (χ0n) is 7.63. The molecule has 2 amide bonds. The number of urea groups is 1. The Hall–Kier alpha value is -0.770. The normalized spacial score (nSPS) is 29.1. The van der Waals surface area contributed by atoms with Gasteiger partial charge in [0.25, 0.3) is 0 Å². The number of aliphatic hydroxyl groups is 1. The van der Waals surface area contributed by atoms with Gasteiger partial charge >= 0.3 is 6.03 Å². The lowest BCUT2D eigenvalue weighted by Gasteiger charge is -2.32. The van der Waals surface area contributed by atoms with E-state index in [1.807, 2.05) is 6.92 Å². The van der Waals surface area contributed by atoms with Crippen molar-refractivity contribution in [1.29, 1.82) is 0 Å². The van der Waals surface area contributed by atoms with Crippen LogP contribution in [-0.2, 0) is 0 Å². The van der Waals surface area contributed by atoms with E-state index in [4.69, 9.17) is 5.11 Å². The van der Waals surface area contributed by atoms with Crippen molar-refractivity contribution >= 4 is 6.03 Å². The third-order valence-electron chi connectivity index (χ3n) is 2.55. The minimum Gasteiger partial charge on any atom is -0.394 e. The Balaban J connectivity index is 2.69. The number of likely N-dealkylation sites (tertiary alicyclic amines) is 1. The van der Waals surface area contributed by atoms with Gasteiger partial charge in [-0.3, -0.25) is 0 Å². The molecule has 1 heterocycles. The number of hydrogen-bond donors (Lipinski definition) is 2. The lowest BCUT2D eigenvalue weighted by atomic mass is 10.0. The fraction of sp³-hybridized carbons (Fsp3) is 0.875. The van der Waals surface area contributed by atoms with Crippen LogP contribution in [0.3, 0.4) is 0 Å². The van der Waals surface area contributed by atoms with Gasteiger partial charge in [0.05, 0.1) is 12.1 Å². The van der Waals surface area contributed by atoms with Crippen molar-refractivity contribution in [2.75, 3.05) is 20.2 Å². The average molecular weight is 172 g/mol. The fourth-order valence-electron chi connectivity index (χ4n) is 1.67. The largest absolute Gasteiger partial charge is 0.394 e. The van der Waals surface area contributed by atoms with Crippen molar-refractivity contribution in [3.8, 4) is 0 Å². The Morgan fingerprint density at radius 3 is 2.92 bits per heavy atom. The molecule has 1 saturated heterocycles. The molecular weight excluding hydrogens is 156 g/mol. The molecule has 2 N–H and O–H groups in total. The summed E-state index contributed by atoms with van der Waals surface area (Å²) in [7, 11) is 1.61. The molecule has 1 atom stereocenters. The van der Waals surface area contributed by atoms with Crippen molar-refractivity contribution < 1.29 is 9.90 Å². The Bertz CT molecular complexity index is 184. The molecule has 1 aliphatic heterocycles. The summed E-state index contributed by atoms with van der Waals surface area (Å²) in [6.45, 7) is 2.70. The zero-order valence-corrected chi connectivity index (χ0v) is 7.63. The Kier molecular flexibility index (Phi) is 2.57. The highest BCUT2D eigenvalue weighted by Gasteiger charge is 2.38. The fourth-order valence-corrected chi connectivity index (χ4v) is 1.67. The van der Waals surface area contributed by atoms with Gasteiger partial charge in [-0.05, 0) is 19.8 Å². The second kappa shape index (κ2) is 3.31. The van der Waals surface area contributed by atoms with E-state index >= 15 is 0 Å². The molecule has 0 aromatic rings. The number of nitrogens with zero attached hydrogens (tertiary/aromatic N) is 1. The number of carbonyl (C=O) groups is 1. The average Bonchev–Trinajstić information content (AvgIpc) is 2.47. The molecule has 4 nitrogen and oxygen atoms in total. The van der Waals surface area contributed by atoms with Crippen LogP contribution in [-0.4, -0.2) is 41.8 Å². The van der Waals surface area contributed by atoms with Gasteiger partial charge < -0.3 is 15.3 Å². The van der Waals surface area contributed by atoms with Gasteiger partial charge in [-0.25, -0.2) is 4.79 Å². The van der Waals surface area contributed by atoms with E-state index in [0.717, 1.165) is 19.4 Å². The molecule has 4 heteroatoms. The number of hydrogen-bond acceptors (Lipinski definition) is 2. The van der Waals surface area contributed by atoms with Crippen molar-refractivity contribution in [3.05, 3.63) is 0 Å². The van der Waals surface area contributed by atoms with Crippen LogP contribution >= 0.6 is 0 Å². The molecule has 12 heavy (non-hydrogen) atoms. The highest BCUT2D eigenvalue weighted by atomic mass is 16.3. The second-order valence-electron chi connectivity index (χ2n) is 3.47. The van der Waals surface area contributed by atoms with Gasteiger partial charge in [-0.1, -0.05) is 0 Å². The van der Waals surface area contributed by atoms with Crippen LogP contribution in [0.15, 0.2) is 0 Å². The van der Waals surface area contributed by atoms with Gasteiger partial charge in [0, 0.05) is 13.6 Å². The first kappa shape index (κ1) is 9.32. The molecule has 0 spiro atoms. The van der Waals surface area contributed by atoms with Crippen molar-refractivity contribution in [1.82, 2.24) is 10.2 Å². The van der Waals surface area contributed by atoms with Crippen LogP contribution in [0.25, 0.3) is 0 Å². The highest BCUT2D eigenvalue weighted by molar-refractivity contribution is 5.75. The number of nitrogens with one attached hydrogen (secondary N) is 1. The maximum Gasteiger partial charge on any atom is 0.317 e. The second-order valence-corrected chi connectivity index (χ2v) is 3.47. The van der Waals surface area contributed by atoms with E-state index in [1.54, 1.807) is 11.9 Å². The number of rotatable bonds is 1. The molecule has 70 valence electrons. The molecule has 0 saturated carbocycles. The van der Waals surface area contributed by atoms with Crippen LogP contribution in [0, 0.1) is 0 Å². The van der Waals surface area contributed by atoms with Crippen LogP contribution in [0.5, 0.6) is 0 Å². The molecule has 0 aromatic carbocycles. The first-order valence-electron chi connectivity index (χ1n) is 4.24. The van der Waals surface area contributed by atoms with Crippen LogP contribution < -0.4 is 5.32 Å². The molecule has 1 rings (SSSR count). The summed E-state index contributed by atoms with van der Waals surface area (Å²) < 4.78 is 0. The van der Waals surface area contributed by atoms with E-state index in [2.05, 4.69) is 5.32 Å². The topological polar surface area (TPSA) is 52.6 Å². The summed E-state index contributed by atoms with van der Waals surface area (Å²) in [4.78, 5) is 13.0. The Morgan fingerprint density at radius 1 is 1.75 bits per heavy atom. The summed E-state index contributed by atoms with van der Waals surface area (Å²) in [6.07, 6.45) is 1.86. The summed E-state index contributed by atoms with van der Waals surface area (Å²) >= 11 is 0. The third-order valence-corrected chi connectivity index (χ3v) is 2.55. The maximum absolute atomic E-state index is 11.3. The zero-order chi connectivity index (χ0) is 9.19. The van der Waals surface area contributed by atoms with Gasteiger partial charge in [-0.2, -0.15) is 0 Å². The minimum atomic E-state index is -0.347. The van der Waals surface area contributed by atoms with Crippen molar-refractivity contribution in [2.45, 2.75) is 25.3 Å². The molecule has 1 aliphatic rings. The van der Waals surface area contributed by atoms with Crippen LogP contribution in [0.4, 0.5) is 4.79 Å². The van der Waals surface area contributed by atoms with Gasteiger partial charge in [0.1, 0.15) is 0 Å². The molecule has 0 aliphatic carbocycles. The number of carbonyl (C=O) groups excluding carboxylic acids is 1. The van der Waals surface area contributed by atoms with Gasteiger partial charge in [-0.15, -0.1) is 0 Å². The maximum atomic E-state index is 11.3. The third kappa shape index (κ3) is 1.39. The lowest BCUT2D eigenvalue weighted by molar-refractivity contribution is 0.0984. The lowest BCUT2D eigenvalue weighted by Crippen LogP contribution is -2.50. The van der Waals surface area contributed by atoms with Gasteiger partial charge in [0.15, 0.2) is 0 Å². The van der Waals surface area contributed by atoms with E-state index in [0.29, 0.717) is 0 Å². The van der Waals surface area contributed by atoms with Crippen molar-refractivity contribution in [2.24, 2.45) is 0 Å². The highest BCUT2D eigenvalue weighted by Crippen LogP contribution is 2.27. The number of aliphatic hydroxyl groups excluding tert-OH is 1. The monoisotopic (exact) mass is 172 g/mol. The van der Waals surface area contributed by atoms with E-state index in [-0.39, 0.29) is 18.2 Å². The predicted octanol–water partition coefficient (Wildman–Crippen LogP) is 0.173. The molecular formula is C8H16N2O2. The molecule has 0 radical (unpaired) electrons. The first-order valence-corrected chi connectivity index (χ1v) is 4.24. The van der Waals surface area contributed by atoms with E-state index in [1.165, 1.54) is 0 Å². The molecule has 1 fully saturated rings. The molecule has 0 bridgehead atoms. The summed E-state index contributed by atoms with van der Waals surface area (Å²) in [6, 6.07) is -0.0935. The molecule has 0 aromatic heterocycles. The summed E-state index contributed by atoms with van der Waals surface area (Å²) in [5.74, 6) is 0. The van der Waals surface area contributed by atoms with Crippen LogP contribution in [0.2, 0.25) is 0 Å². The van der Waals surface area contributed by atoms with Crippen LogP contribution in [0.1, 0.15) is 19.8 Å². The minimum absolute atomic E-state index is 0.0421. The number of amides is 2. The SMILES string of the molecule is CNC(=O)N1CCCC1(C)CO. The van der Waals surface area contributed by atoms with Crippen molar-refractivity contribution in [3.63, 3.8) is 0 Å². The Morgan fingerprint density at radius 2 is 2.42 bits per heavy atom. The van der Waals surface area contributed by atoms with E-state index in [9.17, 15) is 4.79 Å². The van der Waals surface area contributed by atoms with Gasteiger partial charge in [0.2, 0.25) is 0 Å². The smallest absolute Gasteiger partial charge is 0.317 e. The summed E-state index contributed by atoms with van der Waals surface area (Å²) in [5.41, 5.74) is -0.347. The molecule has 1 unspecified atom stereocenters. The van der Waals surface area contributed by atoms with E-state index < -0.39 is 0 Å². The first-order chi connectivity index (χ1) is 5.64. The Labute approximate surface area is 72.6 Å². The quantitative estimate of drug-likeness (QED) is 0.592. The predicted molar refractivity (Wildman–Crippen MR) is 45.9 cm³/mol.